The van der Waals surface area contributed by atoms with E-state index in [0.29, 0.717) is 19.5 Å². The van der Waals surface area contributed by atoms with E-state index in [-0.39, 0.29) is 12.3 Å². The van der Waals surface area contributed by atoms with E-state index in [2.05, 4.69) is 0 Å². The van der Waals surface area contributed by atoms with E-state index in [9.17, 15) is 9.59 Å². The van der Waals surface area contributed by atoms with Gasteiger partial charge in [-0.25, -0.2) is 0 Å². The van der Waals surface area contributed by atoms with Crippen molar-refractivity contribution < 1.29 is 9.59 Å². The number of benzene rings is 2. The van der Waals surface area contributed by atoms with Gasteiger partial charge in [-0.3, -0.25) is 9.59 Å². The molecule has 2 aromatic rings. The summed E-state index contributed by atoms with van der Waals surface area (Å²) < 4.78 is 0. The number of amides is 2. The second-order valence-electron chi connectivity index (χ2n) is 5.62. The maximum atomic E-state index is 12.7. The Morgan fingerprint density at radius 1 is 1.00 bits per heavy atom. The van der Waals surface area contributed by atoms with Crippen LogP contribution in [0.1, 0.15) is 23.1 Å². The van der Waals surface area contributed by atoms with E-state index < -0.39 is 5.91 Å². The largest absolute Gasteiger partial charge is 0.370 e. The second-order valence-corrected chi connectivity index (χ2v) is 5.62. The molecule has 0 atom stereocenters. The average molecular weight is 310 g/mol. The molecule has 0 aliphatic rings. The molecule has 0 aliphatic carbocycles. The lowest BCUT2D eigenvalue weighted by Crippen LogP contribution is -2.34. The second kappa shape index (κ2) is 8.13. The highest BCUT2D eigenvalue weighted by molar-refractivity contribution is 5.80. The molecule has 0 saturated heterocycles. The van der Waals surface area contributed by atoms with E-state index in [0.717, 1.165) is 16.7 Å². The number of nitrogens with zero attached hydrogens (tertiary/aromatic N) is 1. The van der Waals surface area contributed by atoms with Crippen molar-refractivity contribution in [2.75, 3.05) is 6.54 Å². The number of aryl methyl sites for hydroxylation is 1. The van der Waals surface area contributed by atoms with Crippen molar-refractivity contribution in [3.05, 3.63) is 71.3 Å². The molecule has 2 N–H and O–H groups in total. The van der Waals surface area contributed by atoms with Crippen molar-refractivity contribution in [2.45, 2.75) is 26.3 Å². The Kier molecular flexibility index (Phi) is 5.92. The van der Waals surface area contributed by atoms with Crippen LogP contribution in [0.4, 0.5) is 0 Å². The molecular formula is C19H22N2O2. The van der Waals surface area contributed by atoms with Crippen LogP contribution in [0.3, 0.4) is 0 Å². The molecule has 0 spiro atoms. The molecule has 2 aromatic carbocycles. The lowest BCUT2D eigenvalue weighted by Gasteiger charge is -2.23. The van der Waals surface area contributed by atoms with Gasteiger partial charge in [0.25, 0.3) is 0 Å². The molecule has 0 aromatic heterocycles. The van der Waals surface area contributed by atoms with Gasteiger partial charge in [0.15, 0.2) is 0 Å². The minimum Gasteiger partial charge on any atom is -0.370 e. The van der Waals surface area contributed by atoms with Gasteiger partial charge in [0.05, 0.1) is 6.42 Å². The summed E-state index contributed by atoms with van der Waals surface area (Å²) in [6.07, 6.45) is 0.505. The van der Waals surface area contributed by atoms with Crippen LogP contribution < -0.4 is 5.73 Å². The summed E-state index contributed by atoms with van der Waals surface area (Å²) in [5, 5.41) is 0. The first-order chi connectivity index (χ1) is 11.1. The monoisotopic (exact) mass is 310 g/mol. The Morgan fingerprint density at radius 2 is 1.65 bits per heavy atom. The van der Waals surface area contributed by atoms with Gasteiger partial charge in [0.1, 0.15) is 0 Å². The van der Waals surface area contributed by atoms with Crippen LogP contribution in [0.25, 0.3) is 0 Å². The minimum absolute atomic E-state index is 0.00408. The van der Waals surface area contributed by atoms with Crippen molar-refractivity contribution in [1.29, 1.82) is 0 Å². The zero-order valence-electron chi connectivity index (χ0n) is 13.4. The van der Waals surface area contributed by atoms with Crippen LogP contribution >= 0.6 is 0 Å². The smallest absolute Gasteiger partial charge is 0.227 e. The van der Waals surface area contributed by atoms with Gasteiger partial charge in [-0.2, -0.15) is 0 Å². The number of hydrogen-bond donors (Lipinski definition) is 1. The average Bonchev–Trinajstić information content (AvgIpc) is 2.54. The van der Waals surface area contributed by atoms with Crippen LogP contribution in [0, 0.1) is 6.92 Å². The molecule has 4 nitrogen and oxygen atoms in total. The fourth-order valence-electron chi connectivity index (χ4n) is 2.42. The molecule has 4 heteroatoms. The van der Waals surface area contributed by atoms with Crippen LogP contribution in [-0.2, 0) is 22.6 Å². The maximum Gasteiger partial charge on any atom is 0.227 e. The molecule has 0 fully saturated rings. The van der Waals surface area contributed by atoms with Gasteiger partial charge in [0.2, 0.25) is 11.8 Å². The predicted molar refractivity (Wildman–Crippen MR) is 90.6 cm³/mol. The predicted octanol–water partition coefficient (Wildman–Crippen LogP) is 2.44. The van der Waals surface area contributed by atoms with E-state index in [1.54, 1.807) is 4.90 Å². The third-order valence-corrected chi connectivity index (χ3v) is 3.80. The van der Waals surface area contributed by atoms with E-state index >= 15 is 0 Å². The van der Waals surface area contributed by atoms with Gasteiger partial charge >= 0.3 is 0 Å². The normalized spacial score (nSPS) is 10.3. The van der Waals surface area contributed by atoms with Gasteiger partial charge in [-0.15, -0.1) is 0 Å². The molecule has 120 valence electrons. The molecule has 2 amide bonds. The SMILES string of the molecule is Cc1ccccc1CC(=O)N(CCC(N)=O)Cc1ccccc1. The Labute approximate surface area is 136 Å². The lowest BCUT2D eigenvalue weighted by molar-refractivity contribution is -0.131. The molecule has 0 heterocycles. The quantitative estimate of drug-likeness (QED) is 0.853. The first kappa shape index (κ1) is 16.7. The summed E-state index contributed by atoms with van der Waals surface area (Å²) in [4.78, 5) is 25.4. The number of carbonyl (C=O) groups excluding carboxylic acids is 2. The topological polar surface area (TPSA) is 63.4 Å². The highest BCUT2D eigenvalue weighted by Gasteiger charge is 2.16. The minimum atomic E-state index is -0.397. The molecule has 2 rings (SSSR count). The molecule has 23 heavy (non-hydrogen) atoms. The van der Waals surface area contributed by atoms with E-state index in [4.69, 9.17) is 5.73 Å². The standard InChI is InChI=1S/C19H22N2O2/c1-15-7-5-6-10-17(15)13-19(23)21(12-11-18(20)22)14-16-8-3-2-4-9-16/h2-10H,11-14H2,1H3,(H2,20,22). The number of rotatable bonds is 7. The summed E-state index contributed by atoms with van der Waals surface area (Å²) in [5.41, 5.74) is 8.37. The van der Waals surface area contributed by atoms with Gasteiger partial charge in [-0.1, -0.05) is 54.6 Å². The number of nitrogens with two attached hydrogens (primary N) is 1. The van der Waals surface area contributed by atoms with Crippen molar-refractivity contribution in [3.63, 3.8) is 0 Å². The highest BCUT2D eigenvalue weighted by Crippen LogP contribution is 2.12. The fraction of sp³-hybridized carbons (Fsp3) is 0.263. The summed E-state index contributed by atoms with van der Waals surface area (Å²) in [7, 11) is 0. The molecular weight excluding hydrogens is 288 g/mol. The third kappa shape index (κ3) is 5.25. The Balaban J connectivity index is 2.10. The molecule has 0 bridgehead atoms. The first-order valence-electron chi connectivity index (χ1n) is 7.71. The summed E-state index contributed by atoms with van der Waals surface area (Å²) in [5.74, 6) is -0.392. The Hall–Kier alpha value is -2.62. The maximum absolute atomic E-state index is 12.7. The Morgan fingerprint density at radius 3 is 2.30 bits per heavy atom. The zero-order valence-corrected chi connectivity index (χ0v) is 13.4. The zero-order chi connectivity index (χ0) is 16.7. The number of hydrogen-bond acceptors (Lipinski definition) is 2. The van der Waals surface area contributed by atoms with Crippen LogP contribution in [-0.4, -0.2) is 23.3 Å². The van der Waals surface area contributed by atoms with E-state index in [1.807, 2.05) is 61.5 Å². The summed E-state index contributed by atoms with van der Waals surface area (Å²) in [6.45, 7) is 2.82. The fourth-order valence-corrected chi connectivity index (χ4v) is 2.42. The van der Waals surface area contributed by atoms with Crippen molar-refractivity contribution >= 4 is 11.8 Å². The van der Waals surface area contributed by atoms with Gasteiger partial charge < -0.3 is 10.6 Å². The summed E-state index contributed by atoms with van der Waals surface area (Å²) in [6, 6.07) is 17.6. The van der Waals surface area contributed by atoms with Gasteiger partial charge in [0, 0.05) is 19.5 Å². The number of primary amides is 1. The first-order valence-corrected chi connectivity index (χ1v) is 7.71. The van der Waals surface area contributed by atoms with Crippen LogP contribution in [0.15, 0.2) is 54.6 Å². The number of carbonyl (C=O) groups is 2. The van der Waals surface area contributed by atoms with Crippen molar-refractivity contribution in [3.8, 4) is 0 Å². The lowest BCUT2D eigenvalue weighted by atomic mass is 10.0. The van der Waals surface area contributed by atoms with Crippen molar-refractivity contribution in [2.24, 2.45) is 5.73 Å². The van der Waals surface area contributed by atoms with Crippen LogP contribution in [0.2, 0.25) is 0 Å². The molecule has 0 aliphatic heterocycles. The highest BCUT2D eigenvalue weighted by atomic mass is 16.2. The van der Waals surface area contributed by atoms with Crippen LogP contribution in [0.5, 0.6) is 0 Å². The van der Waals surface area contributed by atoms with Crippen molar-refractivity contribution in [1.82, 2.24) is 4.90 Å². The molecule has 0 saturated carbocycles. The van der Waals surface area contributed by atoms with Gasteiger partial charge in [-0.05, 0) is 23.6 Å². The molecule has 0 radical (unpaired) electrons. The Bertz CT molecular complexity index is 668. The van der Waals surface area contributed by atoms with E-state index in [1.165, 1.54) is 0 Å². The third-order valence-electron chi connectivity index (χ3n) is 3.80. The summed E-state index contributed by atoms with van der Waals surface area (Å²) >= 11 is 0. The molecule has 0 unspecified atom stereocenters.